The minimum absolute atomic E-state index is 0.00754. The maximum atomic E-state index is 11.1. The van der Waals surface area contributed by atoms with Crippen LogP contribution >= 0.6 is 11.8 Å². The molecule has 18 heavy (non-hydrogen) atoms. The lowest BCUT2D eigenvalue weighted by Gasteiger charge is -1.96. The van der Waals surface area contributed by atoms with E-state index < -0.39 is 5.97 Å². The Bertz CT molecular complexity index is 537. The fourth-order valence-electron chi connectivity index (χ4n) is 1.38. The molecule has 0 aliphatic rings. The third-order valence-electron chi connectivity index (χ3n) is 2.34. The average Bonchev–Trinajstić information content (AvgIpc) is 2.87. The molecule has 0 unspecified atom stereocenters. The van der Waals surface area contributed by atoms with Crippen LogP contribution in [0.25, 0.3) is 11.4 Å². The molecule has 0 atom stereocenters. The minimum Gasteiger partial charge on any atom is -0.469 e. The molecule has 0 amide bonds. The molecule has 0 radical (unpaired) electrons. The van der Waals surface area contributed by atoms with Crippen molar-refractivity contribution >= 4 is 17.7 Å². The normalized spacial score (nSPS) is 10.3. The van der Waals surface area contributed by atoms with Crippen molar-refractivity contribution in [3.8, 4) is 11.4 Å². The monoisotopic (exact) mass is 264 g/mol. The van der Waals surface area contributed by atoms with Crippen LogP contribution < -0.4 is 0 Å². The third-order valence-corrected chi connectivity index (χ3v) is 3.08. The number of carbonyl (C=O) groups is 1. The lowest BCUT2D eigenvalue weighted by atomic mass is 10.2. The summed E-state index contributed by atoms with van der Waals surface area (Å²) in [6.45, 7) is 0. The second-order valence-corrected chi connectivity index (χ2v) is 4.37. The summed E-state index contributed by atoms with van der Waals surface area (Å²) in [6.07, 6.45) is 2.00. The molecule has 0 bridgehead atoms. The minimum atomic E-state index is -0.400. The molecule has 0 saturated carbocycles. The van der Waals surface area contributed by atoms with Gasteiger partial charge in [0.15, 0.2) is 0 Å². The summed E-state index contributed by atoms with van der Waals surface area (Å²) < 4.78 is 9.51. The van der Waals surface area contributed by atoms with Crippen LogP contribution in [-0.4, -0.2) is 29.5 Å². The number of aromatic nitrogens is 2. The second kappa shape index (κ2) is 5.68. The average molecular weight is 264 g/mol. The maximum Gasteiger partial charge on any atom is 0.315 e. The van der Waals surface area contributed by atoms with E-state index in [1.165, 1.54) is 7.11 Å². The van der Waals surface area contributed by atoms with Gasteiger partial charge in [-0.2, -0.15) is 4.98 Å². The van der Waals surface area contributed by atoms with Gasteiger partial charge in [0.1, 0.15) is 6.42 Å². The Morgan fingerprint density at radius 3 is 2.72 bits per heavy atom. The Morgan fingerprint density at radius 2 is 2.11 bits per heavy atom. The van der Waals surface area contributed by atoms with Crippen LogP contribution in [0.5, 0.6) is 0 Å². The summed E-state index contributed by atoms with van der Waals surface area (Å²) in [7, 11) is 1.32. The topological polar surface area (TPSA) is 65.2 Å². The van der Waals surface area contributed by atoms with E-state index in [9.17, 15) is 4.79 Å². The molecular formula is C12H12N2O3S. The molecule has 0 N–H and O–H groups in total. The van der Waals surface area contributed by atoms with Crippen LogP contribution in [0.1, 0.15) is 5.89 Å². The summed E-state index contributed by atoms with van der Waals surface area (Å²) in [4.78, 5) is 16.4. The van der Waals surface area contributed by atoms with E-state index in [4.69, 9.17) is 4.52 Å². The molecule has 0 saturated heterocycles. The fraction of sp³-hybridized carbons (Fsp3) is 0.250. The first-order valence-electron chi connectivity index (χ1n) is 5.26. The summed E-state index contributed by atoms with van der Waals surface area (Å²) in [5.74, 6) is 0.329. The lowest BCUT2D eigenvalue weighted by molar-refractivity contribution is -0.140. The van der Waals surface area contributed by atoms with Gasteiger partial charge in [-0.3, -0.25) is 4.79 Å². The number of benzene rings is 1. The van der Waals surface area contributed by atoms with Crippen molar-refractivity contribution in [2.24, 2.45) is 0 Å². The first-order valence-corrected chi connectivity index (χ1v) is 6.49. The first kappa shape index (κ1) is 12.6. The van der Waals surface area contributed by atoms with E-state index >= 15 is 0 Å². The van der Waals surface area contributed by atoms with Crippen molar-refractivity contribution in [3.63, 3.8) is 0 Å². The molecule has 2 rings (SSSR count). The van der Waals surface area contributed by atoms with Gasteiger partial charge in [-0.15, -0.1) is 11.8 Å². The van der Waals surface area contributed by atoms with Gasteiger partial charge in [0, 0.05) is 10.5 Å². The van der Waals surface area contributed by atoms with E-state index in [0.717, 1.165) is 10.5 Å². The van der Waals surface area contributed by atoms with Crippen LogP contribution in [0, 0.1) is 0 Å². The molecule has 0 aliphatic heterocycles. The summed E-state index contributed by atoms with van der Waals surface area (Å²) in [5.41, 5.74) is 0.854. The largest absolute Gasteiger partial charge is 0.469 e. The molecule has 2 aromatic rings. The van der Waals surface area contributed by atoms with E-state index in [-0.39, 0.29) is 12.3 Å². The Morgan fingerprint density at radius 1 is 1.39 bits per heavy atom. The Balaban J connectivity index is 2.15. The van der Waals surface area contributed by atoms with Gasteiger partial charge in [-0.1, -0.05) is 5.16 Å². The van der Waals surface area contributed by atoms with Gasteiger partial charge < -0.3 is 9.26 Å². The standard InChI is InChI=1S/C12H12N2O3S/c1-16-11(15)7-10-13-12(14-17-10)8-3-5-9(18-2)6-4-8/h3-6H,7H2,1-2H3. The van der Waals surface area contributed by atoms with Crippen LogP contribution in [-0.2, 0) is 16.0 Å². The number of ether oxygens (including phenoxy) is 1. The highest BCUT2D eigenvalue weighted by Gasteiger charge is 2.12. The Kier molecular flexibility index (Phi) is 3.99. The second-order valence-electron chi connectivity index (χ2n) is 3.49. The SMILES string of the molecule is COC(=O)Cc1nc(-c2ccc(SC)cc2)no1. The van der Waals surface area contributed by atoms with Gasteiger partial charge in [0.05, 0.1) is 7.11 Å². The van der Waals surface area contributed by atoms with Gasteiger partial charge in [0.2, 0.25) is 11.7 Å². The molecule has 94 valence electrons. The highest BCUT2D eigenvalue weighted by atomic mass is 32.2. The van der Waals surface area contributed by atoms with Crippen molar-refractivity contribution in [2.45, 2.75) is 11.3 Å². The molecular weight excluding hydrogens is 252 g/mol. The van der Waals surface area contributed by atoms with E-state index in [1.807, 2.05) is 30.5 Å². The summed E-state index contributed by atoms with van der Waals surface area (Å²) in [5, 5.41) is 3.83. The molecule has 1 aromatic heterocycles. The van der Waals surface area contributed by atoms with Crippen molar-refractivity contribution < 1.29 is 14.1 Å². The zero-order valence-electron chi connectivity index (χ0n) is 10.0. The quantitative estimate of drug-likeness (QED) is 0.623. The number of nitrogens with zero attached hydrogens (tertiary/aromatic N) is 2. The predicted molar refractivity (Wildman–Crippen MR) is 67.2 cm³/mol. The van der Waals surface area contributed by atoms with Crippen molar-refractivity contribution in [2.75, 3.05) is 13.4 Å². The summed E-state index contributed by atoms with van der Waals surface area (Å²) >= 11 is 1.66. The van der Waals surface area contributed by atoms with Crippen LogP contribution in [0.3, 0.4) is 0 Å². The number of carbonyl (C=O) groups excluding carboxylic acids is 1. The van der Waals surface area contributed by atoms with E-state index in [2.05, 4.69) is 14.9 Å². The van der Waals surface area contributed by atoms with Gasteiger partial charge in [-0.05, 0) is 30.5 Å². The smallest absolute Gasteiger partial charge is 0.315 e. The van der Waals surface area contributed by atoms with Gasteiger partial charge in [0.25, 0.3) is 0 Å². The number of methoxy groups -OCH3 is 1. The molecule has 1 aromatic carbocycles. The number of rotatable bonds is 4. The van der Waals surface area contributed by atoms with Crippen molar-refractivity contribution in [1.82, 2.24) is 10.1 Å². The third kappa shape index (κ3) is 2.89. The van der Waals surface area contributed by atoms with Crippen LogP contribution in [0.2, 0.25) is 0 Å². The summed E-state index contributed by atoms with van der Waals surface area (Å²) in [6, 6.07) is 7.80. The molecule has 0 fully saturated rings. The Hall–Kier alpha value is -1.82. The first-order chi connectivity index (χ1) is 8.72. The molecule has 5 nitrogen and oxygen atoms in total. The highest BCUT2D eigenvalue weighted by Crippen LogP contribution is 2.20. The molecule has 0 aliphatic carbocycles. The Labute approximate surface area is 109 Å². The molecule has 6 heteroatoms. The van der Waals surface area contributed by atoms with Crippen molar-refractivity contribution in [3.05, 3.63) is 30.2 Å². The predicted octanol–water partition coefficient (Wildman–Crippen LogP) is 2.17. The zero-order chi connectivity index (χ0) is 13.0. The number of hydrogen-bond acceptors (Lipinski definition) is 6. The highest BCUT2D eigenvalue weighted by molar-refractivity contribution is 7.98. The zero-order valence-corrected chi connectivity index (χ0v) is 10.9. The molecule has 0 spiro atoms. The number of esters is 1. The van der Waals surface area contributed by atoms with E-state index in [1.54, 1.807) is 11.8 Å². The van der Waals surface area contributed by atoms with Crippen LogP contribution in [0.4, 0.5) is 0 Å². The lowest BCUT2D eigenvalue weighted by Crippen LogP contribution is -2.04. The fourth-order valence-corrected chi connectivity index (χ4v) is 1.79. The van der Waals surface area contributed by atoms with Gasteiger partial charge >= 0.3 is 5.97 Å². The molecule has 1 heterocycles. The van der Waals surface area contributed by atoms with Gasteiger partial charge in [-0.25, -0.2) is 0 Å². The number of hydrogen-bond donors (Lipinski definition) is 0. The van der Waals surface area contributed by atoms with Crippen molar-refractivity contribution in [1.29, 1.82) is 0 Å². The maximum absolute atomic E-state index is 11.1. The van der Waals surface area contributed by atoms with Crippen LogP contribution in [0.15, 0.2) is 33.7 Å². The number of thioether (sulfide) groups is 1. The van der Waals surface area contributed by atoms with E-state index in [0.29, 0.717) is 5.82 Å².